The molecule has 26 heavy (non-hydrogen) atoms. The molecule has 0 fully saturated rings. The van der Waals surface area contributed by atoms with Gasteiger partial charge in [0.2, 0.25) is 0 Å². The summed E-state index contributed by atoms with van der Waals surface area (Å²) in [5.74, 6) is 1.45. The van der Waals surface area contributed by atoms with Gasteiger partial charge in [-0.1, -0.05) is 0 Å². The van der Waals surface area contributed by atoms with Crippen LogP contribution >= 0.6 is 0 Å². The Labute approximate surface area is 154 Å². The number of ether oxygens (including phenoxy) is 3. The van der Waals surface area contributed by atoms with Crippen molar-refractivity contribution in [3.8, 4) is 17.2 Å². The summed E-state index contributed by atoms with van der Waals surface area (Å²) >= 11 is 0. The molecule has 1 N–H and O–H groups in total. The molecule has 1 aromatic heterocycles. The summed E-state index contributed by atoms with van der Waals surface area (Å²) in [4.78, 5) is 16.7. The Bertz CT molecular complexity index is 754. The zero-order valence-electron chi connectivity index (χ0n) is 16.0. The highest BCUT2D eigenvalue weighted by molar-refractivity contribution is 6.05. The third-order valence-electron chi connectivity index (χ3n) is 3.25. The van der Waals surface area contributed by atoms with Crippen LogP contribution in [0.5, 0.6) is 17.2 Å². The molecule has 6 heteroatoms. The van der Waals surface area contributed by atoms with Crippen LogP contribution in [-0.2, 0) is 0 Å². The van der Waals surface area contributed by atoms with E-state index in [1.807, 2.05) is 34.6 Å². The normalized spacial score (nSPS) is 11.0. The van der Waals surface area contributed by atoms with E-state index in [0.717, 1.165) is 0 Å². The average Bonchev–Trinajstić information content (AvgIpc) is 2.57. The van der Waals surface area contributed by atoms with E-state index in [9.17, 15) is 4.79 Å². The molecule has 2 rings (SSSR count). The third-order valence-corrected chi connectivity index (χ3v) is 3.25. The standard InChI is InChI=1S/C20H26N2O4/c1-6-24-17-9-8-14(12-18(17)25-7-2)19(23)22-15-13-21-11-10-16(15)26-20(3,4)5/h8-13H,6-7H2,1-5H3,(H,22,23). The Morgan fingerprint density at radius 3 is 2.38 bits per heavy atom. The Morgan fingerprint density at radius 1 is 1.04 bits per heavy atom. The first kappa shape index (κ1) is 19.6. The zero-order chi connectivity index (χ0) is 19.2. The number of anilines is 1. The molecule has 1 aromatic carbocycles. The summed E-state index contributed by atoms with van der Waals surface area (Å²) in [7, 11) is 0. The number of hydrogen-bond donors (Lipinski definition) is 1. The second-order valence-electron chi connectivity index (χ2n) is 6.57. The van der Waals surface area contributed by atoms with Gasteiger partial charge in [0.05, 0.1) is 19.4 Å². The topological polar surface area (TPSA) is 69.7 Å². The van der Waals surface area contributed by atoms with Crippen LogP contribution in [0.3, 0.4) is 0 Å². The fourth-order valence-electron chi connectivity index (χ4n) is 2.28. The number of amides is 1. The predicted octanol–water partition coefficient (Wildman–Crippen LogP) is 4.31. The number of aromatic nitrogens is 1. The van der Waals surface area contributed by atoms with Crippen LogP contribution in [0.2, 0.25) is 0 Å². The number of pyridine rings is 1. The van der Waals surface area contributed by atoms with Crippen molar-refractivity contribution in [2.75, 3.05) is 18.5 Å². The highest BCUT2D eigenvalue weighted by Gasteiger charge is 2.17. The quantitative estimate of drug-likeness (QED) is 0.799. The summed E-state index contributed by atoms with van der Waals surface area (Å²) in [6.07, 6.45) is 3.19. The number of hydrogen-bond acceptors (Lipinski definition) is 5. The van der Waals surface area contributed by atoms with Crippen LogP contribution in [0.15, 0.2) is 36.7 Å². The van der Waals surface area contributed by atoms with E-state index in [4.69, 9.17) is 14.2 Å². The Morgan fingerprint density at radius 2 is 1.73 bits per heavy atom. The smallest absolute Gasteiger partial charge is 0.255 e. The maximum atomic E-state index is 12.7. The summed E-state index contributed by atoms with van der Waals surface area (Å²) in [6.45, 7) is 10.6. The summed E-state index contributed by atoms with van der Waals surface area (Å²) in [5, 5.41) is 2.85. The number of nitrogens with zero attached hydrogens (tertiary/aromatic N) is 1. The van der Waals surface area contributed by atoms with Gasteiger partial charge in [-0.25, -0.2) is 0 Å². The maximum absolute atomic E-state index is 12.7. The first-order chi connectivity index (χ1) is 12.3. The molecule has 0 atom stereocenters. The van der Waals surface area contributed by atoms with Crippen molar-refractivity contribution in [2.24, 2.45) is 0 Å². The van der Waals surface area contributed by atoms with Gasteiger partial charge in [0, 0.05) is 17.8 Å². The fraction of sp³-hybridized carbons (Fsp3) is 0.400. The minimum Gasteiger partial charge on any atom is -0.490 e. The zero-order valence-corrected chi connectivity index (χ0v) is 16.0. The highest BCUT2D eigenvalue weighted by Crippen LogP contribution is 2.30. The van der Waals surface area contributed by atoms with Crippen molar-refractivity contribution in [2.45, 2.75) is 40.2 Å². The summed E-state index contributed by atoms with van der Waals surface area (Å²) < 4.78 is 17.0. The Hall–Kier alpha value is -2.76. The summed E-state index contributed by atoms with van der Waals surface area (Å²) in [6, 6.07) is 6.83. The SMILES string of the molecule is CCOc1ccc(C(=O)Nc2cnccc2OC(C)(C)C)cc1OCC. The van der Waals surface area contributed by atoms with E-state index in [2.05, 4.69) is 10.3 Å². The molecule has 0 bridgehead atoms. The number of benzene rings is 1. The Balaban J connectivity index is 2.24. The monoisotopic (exact) mass is 358 g/mol. The van der Waals surface area contributed by atoms with Crippen molar-refractivity contribution < 1.29 is 19.0 Å². The molecule has 6 nitrogen and oxygen atoms in total. The van der Waals surface area contributed by atoms with Crippen molar-refractivity contribution >= 4 is 11.6 Å². The molecule has 0 saturated carbocycles. The highest BCUT2D eigenvalue weighted by atomic mass is 16.5. The summed E-state index contributed by atoms with van der Waals surface area (Å²) in [5.41, 5.74) is 0.587. The van der Waals surface area contributed by atoms with E-state index < -0.39 is 0 Å². The van der Waals surface area contributed by atoms with Gasteiger partial charge in [-0.15, -0.1) is 0 Å². The lowest BCUT2D eigenvalue weighted by Crippen LogP contribution is -2.24. The molecule has 0 aliphatic rings. The molecule has 1 heterocycles. The Kier molecular flexibility index (Phi) is 6.44. The number of rotatable bonds is 7. The molecular formula is C20H26N2O4. The van der Waals surface area contributed by atoms with Gasteiger partial charge >= 0.3 is 0 Å². The van der Waals surface area contributed by atoms with E-state index in [0.29, 0.717) is 41.7 Å². The second kappa shape index (κ2) is 8.56. The molecule has 0 aliphatic heterocycles. The van der Waals surface area contributed by atoms with Crippen molar-refractivity contribution in [1.82, 2.24) is 4.98 Å². The minimum absolute atomic E-state index is 0.277. The van der Waals surface area contributed by atoms with E-state index in [1.54, 1.807) is 36.7 Å². The van der Waals surface area contributed by atoms with E-state index in [1.165, 1.54) is 0 Å². The van der Waals surface area contributed by atoms with Crippen LogP contribution in [0, 0.1) is 0 Å². The number of carbonyl (C=O) groups is 1. The first-order valence-electron chi connectivity index (χ1n) is 8.68. The molecule has 0 radical (unpaired) electrons. The average molecular weight is 358 g/mol. The lowest BCUT2D eigenvalue weighted by Gasteiger charge is -2.23. The molecule has 0 spiro atoms. The number of carbonyl (C=O) groups excluding carboxylic acids is 1. The predicted molar refractivity (Wildman–Crippen MR) is 101 cm³/mol. The third kappa shape index (κ3) is 5.37. The van der Waals surface area contributed by atoms with Crippen molar-refractivity contribution in [1.29, 1.82) is 0 Å². The van der Waals surface area contributed by atoms with Crippen LogP contribution < -0.4 is 19.5 Å². The van der Waals surface area contributed by atoms with Crippen LogP contribution in [-0.4, -0.2) is 29.7 Å². The van der Waals surface area contributed by atoms with Gasteiger partial charge in [0.15, 0.2) is 11.5 Å². The van der Waals surface area contributed by atoms with Gasteiger partial charge < -0.3 is 19.5 Å². The lowest BCUT2D eigenvalue weighted by molar-refractivity contribution is 0.102. The first-order valence-corrected chi connectivity index (χ1v) is 8.68. The van der Waals surface area contributed by atoms with Crippen molar-refractivity contribution in [3.05, 3.63) is 42.2 Å². The van der Waals surface area contributed by atoms with Crippen LogP contribution in [0.4, 0.5) is 5.69 Å². The van der Waals surface area contributed by atoms with Gasteiger partial charge in [0.1, 0.15) is 17.0 Å². The molecular weight excluding hydrogens is 332 g/mol. The van der Waals surface area contributed by atoms with Gasteiger partial charge in [-0.2, -0.15) is 0 Å². The molecule has 0 unspecified atom stereocenters. The van der Waals surface area contributed by atoms with E-state index >= 15 is 0 Å². The van der Waals surface area contributed by atoms with E-state index in [-0.39, 0.29) is 11.5 Å². The minimum atomic E-state index is -0.387. The van der Waals surface area contributed by atoms with Crippen LogP contribution in [0.1, 0.15) is 45.0 Å². The van der Waals surface area contributed by atoms with Gasteiger partial charge in [-0.05, 0) is 52.8 Å². The molecule has 0 aliphatic carbocycles. The van der Waals surface area contributed by atoms with Gasteiger partial charge in [-0.3, -0.25) is 9.78 Å². The molecule has 2 aromatic rings. The maximum Gasteiger partial charge on any atom is 0.255 e. The number of nitrogens with one attached hydrogen (secondary N) is 1. The molecule has 140 valence electrons. The second-order valence-corrected chi connectivity index (χ2v) is 6.57. The largest absolute Gasteiger partial charge is 0.490 e. The molecule has 0 saturated heterocycles. The molecule has 1 amide bonds. The van der Waals surface area contributed by atoms with Crippen LogP contribution in [0.25, 0.3) is 0 Å². The van der Waals surface area contributed by atoms with Crippen molar-refractivity contribution in [3.63, 3.8) is 0 Å². The fourth-order valence-corrected chi connectivity index (χ4v) is 2.28. The van der Waals surface area contributed by atoms with Gasteiger partial charge in [0.25, 0.3) is 5.91 Å². The lowest BCUT2D eigenvalue weighted by atomic mass is 10.1.